The zero-order valence-corrected chi connectivity index (χ0v) is 20.7. The van der Waals surface area contributed by atoms with E-state index < -0.39 is 68.1 Å². The SMILES string of the molecule is CC(=O)Nc1cc(S(=O)(=O)O)cc2cc(S(=O)(=O)O)c(N=Nc3cc(C)ccc3S(=O)(=O)O)c(O)c12. The van der Waals surface area contributed by atoms with Gasteiger partial charge in [-0.25, -0.2) is 0 Å². The van der Waals surface area contributed by atoms with Crippen LogP contribution in [0.25, 0.3) is 10.8 Å². The highest BCUT2D eigenvalue weighted by Gasteiger charge is 2.26. The Balaban J connectivity index is 2.44. The number of nitrogens with zero attached hydrogens (tertiary/aromatic N) is 2. The van der Waals surface area contributed by atoms with E-state index in [1.165, 1.54) is 12.1 Å². The fourth-order valence-electron chi connectivity index (χ4n) is 3.22. The minimum atomic E-state index is -5.16. The Labute approximate surface area is 204 Å². The van der Waals surface area contributed by atoms with Crippen LogP contribution >= 0.6 is 0 Å². The Kier molecular flexibility index (Phi) is 6.92. The van der Waals surface area contributed by atoms with Crippen molar-refractivity contribution in [2.75, 3.05) is 5.32 Å². The number of anilines is 1. The van der Waals surface area contributed by atoms with Crippen LogP contribution in [-0.2, 0) is 35.1 Å². The second-order valence-electron chi connectivity index (χ2n) is 7.42. The second kappa shape index (κ2) is 9.19. The van der Waals surface area contributed by atoms with Crippen LogP contribution in [0.3, 0.4) is 0 Å². The highest BCUT2D eigenvalue weighted by molar-refractivity contribution is 7.86. The number of aryl methyl sites for hydroxylation is 1. The molecule has 0 fully saturated rings. The van der Waals surface area contributed by atoms with E-state index in [0.29, 0.717) is 11.6 Å². The normalized spacial score (nSPS) is 12.8. The molecule has 5 N–H and O–H groups in total. The summed E-state index contributed by atoms with van der Waals surface area (Å²) in [5, 5.41) is 19.6. The Morgan fingerprint density at radius 3 is 1.97 bits per heavy atom. The lowest BCUT2D eigenvalue weighted by atomic mass is 10.1. The van der Waals surface area contributed by atoms with Gasteiger partial charge in [0.25, 0.3) is 30.4 Å². The molecule has 0 spiro atoms. The van der Waals surface area contributed by atoms with Crippen LogP contribution in [0.1, 0.15) is 12.5 Å². The van der Waals surface area contributed by atoms with Gasteiger partial charge >= 0.3 is 0 Å². The van der Waals surface area contributed by atoms with Crippen molar-refractivity contribution in [3.05, 3.63) is 42.0 Å². The van der Waals surface area contributed by atoms with E-state index in [9.17, 15) is 48.8 Å². The zero-order valence-electron chi connectivity index (χ0n) is 18.2. The summed E-state index contributed by atoms with van der Waals surface area (Å²) >= 11 is 0. The molecule has 17 heteroatoms. The second-order valence-corrected chi connectivity index (χ2v) is 11.6. The maximum Gasteiger partial charge on any atom is 0.296 e. The van der Waals surface area contributed by atoms with Crippen LogP contribution in [0, 0.1) is 6.92 Å². The number of amides is 1. The predicted molar refractivity (Wildman–Crippen MR) is 125 cm³/mol. The lowest BCUT2D eigenvalue weighted by Crippen LogP contribution is -2.08. The smallest absolute Gasteiger partial charge is 0.296 e. The molecule has 0 aliphatic carbocycles. The number of benzene rings is 3. The Hall–Kier alpha value is -3.48. The largest absolute Gasteiger partial charge is 0.505 e. The molecule has 0 aliphatic heterocycles. The fraction of sp³-hybridized carbons (Fsp3) is 0.105. The molecule has 3 aromatic carbocycles. The number of aromatic hydroxyl groups is 1. The topological polar surface area (TPSA) is 237 Å². The molecule has 0 aromatic heterocycles. The predicted octanol–water partition coefficient (Wildman–Crippen LogP) is 2.97. The first-order valence-electron chi connectivity index (χ1n) is 9.46. The van der Waals surface area contributed by atoms with Gasteiger partial charge in [0.1, 0.15) is 21.2 Å². The average molecular weight is 560 g/mol. The third kappa shape index (κ3) is 5.66. The molecule has 0 saturated carbocycles. The monoisotopic (exact) mass is 559 g/mol. The Morgan fingerprint density at radius 1 is 0.833 bits per heavy atom. The van der Waals surface area contributed by atoms with E-state index in [2.05, 4.69) is 15.5 Å². The third-order valence-corrected chi connectivity index (χ3v) is 7.26. The number of carbonyl (C=O) groups excluding carboxylic acids is 1. The molecule has 3 aromatic rings. The van der Waals surface area contributed by atoms with Gasteiger partial charge in [0.05, 0.1) is 10.6 Å². The van der Waals surface area contributed by atoms with Crippen molar-refractivity contribution < 1.29 is 48.8 Å². The van der Waals surface area contributed by atoms with Crippen LogP contribution in [-0.4, -0.2) is 49.9 Å². The maximum atomic E-state index is 12.1. The van der Waals surface area contributed by atoms with E-state index in [1.54, 1.807) is 6.92 Å². The molecule has 3 rings (SSSR count). The molecule has 0 unspecified atom stereocenters. The molecule has 192 valence electrons. The number of fused-ring (bicyclic) bond motifs is 1. The van der Waals surface area contributed by atoms with Gasteiger partial charge in [-0.3, -0.25) is 18.5 Å². The number of nitrogens with one attached hydrogen (secondary N) is 1. The molecule has 0 saturated heterocycles. The molecule has 0 heterocycles. The van der Waals surface area contributed by atoms with Crippen molar-refractivity contribution in [2.24, 2.45) is 10.2 Å². The summed E-state index contributed by atoms with van der Waals surface area (Å²) in [5.41, 5.74) is -1.25. The van der Waals surface area contributed by atoms with Crippen LogP contribution in [0.4, 0.5) is 17.1 Å². The van der Waals surface area contributed by atoms with E-state index >= 15 is 0 Å². The Morgan fingerprint density at radius 2 is 1.44 bits per heavy atom. The first-order chi connectivity index (χ1) is 16.4. The summed E-state index contributed by atoms with van der Waals surface area (Å²) in [4.78, 5) is 9.12. The number of phenols is 1. The van der Waals surface area contributed by atoms with Crippen molar-refractivity contribution in [1.82, 2.24) is 0 Å². The van der Waals surface area contributed by atoms with Gasteiger partial charge in [0.15, 0.2) is 5.75 Å². The molecule has 0 atom stereocenters. The maximum absolute atomic E-state index is 12.1. The molecule has 0 aliphatic rings. The van der Waals surface area contributed by atoms with Gasteiger partial charge < -0.3 is 10.4 Å². The summed E-state index contributed by atoms with van der Waals surface area (Å²) in [7, 11) is -14.8. The highest BCUT2D eigenvalue weighted by atomic mass is 32.2. The summed E-state index contributed by atoms with van der Waals surface area (Å²) < 4.78 is 99.3. The van der Waals surface area contributed by atoms with Crippen molar-refractivity contribution in [1.29, 1.82) is 0 Å². The quantitative estimate of drug-likeness (QED) is 0.217. The molecule has 14 nitrogen and oxygen atoms in total. The zero-order chi connectivity index (χ0) is 27.2. The van der Waals surface area contributed by atoms with E-state index in [0.717, 1.165) is 25.1 Å². The highest BCUT2D eigenvalue weighted by Crippen LogP contribution is 2.45. The number of hydrogen-bond donors (Lipinski definition) is 5. The first kappa shape index (κ1) is 27.1. The number of rotatable bonds is 6. The van der Waals surface area contributed by atoms with E-state index in [1.807, 2.05) is 0 Å². The van der Waals surface area contributed by atoms with Gasteiger partial charge in [0, 0.05) is 12.3 Å². The average Bonchev–Trinajstić information content (AvgIpc) is 2.69. The van der Waals surface area contributed by atoms with Gasteiger partial charge in [-0.2, -0.15) is 25.3 Å². The van der Waals surface area contributed by atoms with Crippen molar-refractivity contribution in [3.63, 3.8) is 0 Å². The van der Waals surface area contributed by atoms with Crippen molar-refractivity contribution >= 4 is 64.1 Å². The minimum Gasteiger partial charge on any atom is -0.505 e. The van der Waals surface area contributed by atoms with Gasteiger partial charge in [-0.05, 0) is 48.2 Å². The number of phenolic OH excluding ortho intramolecular Hbond substituents is 1. The van der Waals surface area contributed by atoms with Crippen LogP contribution in [0.15, 0.2) is 61.3 Å². The van der Waals surface area contributed by atoms with Crippen LogP contribution < -0.4 is 5.32 Å². The lowest BCUT2D eigenvalue weighted by molar-refractivity contribution is -0.114. The van der Waals surface area contributed by atoms with Gasteiger partial charge in [-0.15, -0.1) is 10.2 Å². The Bertz CT molecular complexity index is 1780. The summed E-state index contributed by atoms with van der Waals surface area (Å²) in [6, 6.07) is 5.77. The van der Waals surface area contributed by atoms with E-state index in [-0.39, 0.29) is 16.5 Å². The number of carbonyl (C=O) groups is 1. The van der Waals surface area contributed by atoms with Crippen LogP contribution in [0.2, 0.25) is 0 Å². The molecule has 1 amide bonds. The molecular weight excluding hydrogens is 542 g/mol. The van der Waals surface area contributed by atoms with Gasteiger partial charge in [0.2, 0.25) is 5.91 Å². The summed E-state index contributed by atoms with van der Waals surface area (Å²) in [5.74, 6) is -1.74. The number of azo groups is 1. The van der Waals surface area contributed by atoms with Crippen LogP contribution in [0.5, 0.6) is 5.75 Å². The molecule has 36 heavy (non-hydrogen) atoms. The third-order valence-electron chi connectivity index (χ3n) is 4.66. The lowest BCUT2D eigenvalue weighted by Gasteiger charge is -2.14. The van der Waals surface area contributed by atoms with Crippen molar-refractivity contribution in [2.45, 2.75) is 28.5 Å². The van der Waals surface area contributed by atoms with Gasteiger partial charge in [-0.1, -0.05) is 6.07 Å². The standard InChI is InChI=1S/C19H17N3O11S3/c1-9-3-4-15(35(28,29)30)13(5-9)21-22-18-16(36(31,32)33)7-11-6-12(34(25,26)27)8-14(20-10(2)23)17(11)19(18)24/h3-8,24H,1-2H3,(H,20,23)(H,25,26,27)(H,28,29,30)(H,31,32,33). The van der Waals surface area contributed by atoms with E-state index in [4.69, 9.17) is 0 Å². The molecule has 0 radical (unpaired) electrons. The van der Waals surface area contributed by atoms with Crippen molar-refractivity contribution in [3.8, 4) is 5.75 Å². The first-order valence-corrected chi connectivity index (χ1v) is 13.8. The fourth-order valence-corrected chi connectivity index (χ4v) is 5.02. The summed E-state index contributed by atoms with van der Waals surface area (Å²) in [6.45, 7) is 2.60. The summed E-state index contributed by atoms with van der Waals surface area (Å²) in [6.07, 6.45) is 0. The molecular formula is C19H17N3O11S3. The minimum absolute atomic E-state index is 0.349. The number of hydrogen-bond acceptors (Lipinski definition) is 10. The molecule has 0 bridgehead atoms.